The predicted molar refractivity (Wildman–Crippen MR) is 74.3 cm³/mol. The summed E-state index contributed by atoms with van der Waals surface area (Å²) in [6.45, 7) is 0. The molecule has 2 aromatic carbocycles. The summed E-state index contributed by atoms with van der Waals surface area (Å²) in [7, 11) is 0. The SMILES string of the molecule is O=C(Nc1ccc(O)cc1F)c1ccc2[nH]ccc2c1. The minimum atomic E-state index is -0.680. The van der Waals surface area contributed by atoms with Crippen molar-refractivity contribution in [1.29, 1.82) is 0 Å². The Bertz CT molecular complexity index is 795. The number of nitrogens with one attached hydrogen (secondary N) is 2. The maximum Gasteiger partial charge on any atom is 0.255 e. The molecule has 20 heavy (non-hydrogen) atoms. The predicted octanol–water partition coefficient (Wildman–Crippen LogP) is 3.26. The van der Waals surface area contributed by atoms with Crippen LogP contribution in [0.4, 0.5) is 10.1 Å². The molecule has 0 aliphatic heterocycles. The molecule has 0 aliphatic carbocycles. The molecule has 3 rings (SSSR count). The van der Waals surface area contributed by atoms with Crippen LogP contribution in [-0.4, -0.2) is 16.0 Å². The number of phenolic OH excluding ortho intramolecular Hbond substituents is 1. The molecule has 0 saturated heterocycles. The molecule has 0 atom stereocenters. The number of amides is 1. The first kappa shape index (κ1) is 12.2. The molecule has 5 heteroatoms. The Morgan fingerprint density at radius 1 is 1.15 bits per heavy atom. The van der Waals surface area contributed by atoms with Crippen LogP contribution < -0.4 is 5.32 Å². The number of benzene rings is 2. The van der Waals surface area contributed by atoms with Crippen LogP contribution in [0.3, 0.4) is 0 Å². The van der Waals surface area contributed by atoms with Crippen molar-refractivity contribution in [1.82, 2.24) is 4.98 Å². The molecule has 0 fully saturated rings. The van der Waals surface area contributed by atoms with Gasteiger partial charge >= 0.3 is 0 Å². The van der Waals surface area contributed by atoms with Crippen molar-refractivity contribution >= 4 is 22.5 Å². The second-order valence-electron chi connectivity index (χ2n) is 4.40. The molecule has 1 aromatic heterocycles. The minimum absolute atomic E-state index is 0.0296. The van der Waals surface area contributed by atoms with Crippen molar-refractivity contribution in [2.45, 2.75) is 0 Å². The van der Waals surface area contributed by atoms with E-state index in [9.17, 15) is 9.18 Å². The highest BCUT2D eigenvalue weighted by molar-refractivity contribution is 6.06. The smallest absolute Gasteiger partial charge is 0.255 e. The van der Waals surface area contributed by atoms with Gasteiger partial charge in [-0.25, -0.2) is 4.39 Å². The number of hydrogen-bond donors (Lipinski definition) is 3. The van der Waals surface area contributed by atoms with Crippen LogP contribution in [0.15, 0.2) is 48.7 Å². The second-order valence-corrected chi connectivity index (χ2v) is 4.40. The van der Waals surface area contributed by atoms with Gasteiger partial charge in [0, 0.05) is 28.7 Å². The second kappa shape index (κ2) is 4.70. The molecular weight excluding hydrogens is 259 g/mol. The average Bonchev–Trinajstić information content (AvgIpc) is 2.89. The molecule has 0 spiro atoms. The molecular formula is C15H11FN2O2. The van der Waals surface area contributed by atoms with Gasteiger partial charge in [-0.2, -0.15) is 0 Å². The summed E-state index contributed by atoms with van der Waals surface area (Å²) in [5.74, 6) is -1.27. The lowest BCUT2D eigenvalue weighted by molar-refractivity contribution is 0.102. The third-order valence-electron chi connectivity index (χ3n) is 3.02. The van der Waals surface area contributed by atoms with E-state index in [0.717, 1.165) is 17.0 Å². The monoisotopic (exact) mass is 270 g/mol. The topological polar surface area (TPSA) is 65.1 Å². The number of phenols is 1. The highest BCUT2D eigenvalue weighted by Crippen LogP contribution is 2.21. The zero-order chi connectivity index (χ0) is 14.1. The number of H-pyrrole nitrogens is 1. The third kappa shape index (κ3) is 2.21. The van der Waals surface area contributed by atoms with Gasteiger partial charge in [0.2, 0.25) is 0 Å². The fourth-order valence-electron chi connectivity index (χ4n) is 1.99. The van der Waals surface area contributed by atoms with Gasteiger partial charge in [0.1, 0.15) is 11.6 Å². The van der Waals surface area contributed by atoms with E-state index in [1.807, 2.05) is 6.07 Å². The Hall–Kier alpha value is -2.82. The molecule has 3 aromatic rings. The van der Waals surface area contributed by atoms with E-state index in [0.29, 0.717) is 5.56 Å². The number of aromatic amines is 1. The van der Waals surface area contributed by atoms with Crippen LogP contribution in [0.2, 0.25) is 0 Å². The van der Waals surface area contributed by atoms with Gasteiger partial charge in [0.05, 0.1) is 5.69 Å². The fraction of sp³-hybridized carbons (Fsp3) is 0. The van der Waals surface area contributed by atoms with Crippen LogP contribution in [0, 0.1) is 5.82 Å². The Kier molecular flexibility index (Phi) is 2.87. The van der Waals surface area contributed by atoms with Crippen molar-refractivity contribution < 1.29 is 14.3 Å². The van der Waals surface area contributed by atoms with E-state index in [-0.39, 0.29) is 11.4 Å². The standard InChI is InChI=1S/C15H11FN2O2/c16-12-8-11(19)2-4-14(12)18-15(20)10-1-3-13-9(7-10)5-6-17-13/h1-8,17,19H,(H,18,20). The van der Waals surface area contributed by atoms with Crippen LogP contribution in [-0.2, 0) is 0 Å². The first-order chi connectivity index (χ1) is 9.63. The number of aromatic hydroxyl groups is 1. The molecule has 0 bridgehead atoms. The van der Waals surface area contributed by atoms with E-state index >= 15 is 0 Å². The highest BCUT2D eigenvalue weighted by Gasteiger charge is 2.10. The summed E-state index contributed by atoms with van der Waals surface area (Å²) < 4.78 is 13.6. The molecule has 4 nitrogen and oxygen atoms in total. The Balaban J connectivity index is 1.88. The number of rotatable bonds is 2. The molecule has 1 amide bonds. The number of carbonyl (C=O) groups is 1. The van der Waals surface area contributed by atoms with Gasteiger partial charge in [0.15, 0.2) is 0 Å². The summed E-state index contributed by atoms with van der Waals surface area (Å²) in [6, 6.07) is 10.6. The van der Waals surface area contributed by atoms with E-state index in [4.69, 9.17) is 5.11 Å². The lowest BCUT2D eigenvalue weighted by Crippen LogP contribution is -2.12. The van der Waals surface area contributed by atoms with Crippen molar-refractivity contribution in [3.63, 3.8) is 0 Å². The van der Waals surface area contributed by atoms with Crippen LogP contribution in [0.1, 0.15) is 10.4 Å². The van der Waals surface area contributed by atoms with Gasteiger partial charge in [-0.15, -0.1) is 0 Å². The Morgan fingerprint density at radius 3 is 2.80 bits per heavy atom. The highest BCUT2D eigenvalue weighted by atomic mass is 19.1. The van der Waals surface area contributed by atoms with E-state index < -0.39 is 11.7 Å². The maximum absolute atomic E-state index is 13.6. The quantitative estimate of drug-likeness (QED) is 0.626. The van der Waals surface area contributed by atoms with Crippen molar-refractivity contribution in [3.8, 4) is 5.75 Å². The minimum Gasteiger partial charge on any atom is -0.508 e. The van der Waals surface area contributed by atoms with Crippen LogP contribution in [0.25, 0.3) is 10.9 Å². The number of anilines is 1. The van der Waals surface area contributed by atoms with Gasteiger partial charge in [-0.05, 0) is 36.4 Å². The average molecular weight is 270 g/mol. The molecule has 1 heterocycles. The third-order valence-corrected chi connectivity index (χ3v) is 3.02. The molecule has 0 radical (unpaired) electrons. The van der Waals surface area contributed by atoms with Crippen LogP contribution in [0.5, 0.6) is 5.75 Å². The number of fused-ring (bicyclic) bond motifs is 1. The van der Waals surface area contributed by atoms with Gasteiger partial charge in [0.25, 0.3) is 5.91 Å². The van der Waals surface area contributed by atoms with E-state index in [1.54, 1.807) is 24.4 Å². The molecule has 0 saturated carbocycles. The lowest BCUT2D eigenvalue weighted by atomic mass is 10.1. The summed E-state index contributed by atoms with van der Waals surface area (Å²) in [6.07, 6.45) is 1.78. The number of aromatic nitrogens is 1. The van der Waals surface area contributed by atoms with Crippen molar-refractivity contribution in [3.05, 3.63) is 60.0 Å². The zero-order valence-corrected chi connectivity index (χ0v) is 10.4. The molecule has 100 valence electrons. The summed E-state index contributed by atoms with van der Waals surface area (Å²) >= 11 is 0. The van der Waals surface area contributed by atoms with Crippen molar-refractivity contribution in [2.75, 3.05) is 5.32 Å². The summed E-state index contributed by atoms with van der Waals surface area (Å²) in [5.41, 5.74) is 1.39. The maximum atomic E-state index is 13.6. The number of carbonyl (C=O) groups excluding carboxylic acids is 1. The first-order valence-electron chi connectivity index (χ1n) is 6.00. The van der Waals surface area contributed by atoms with Gasteiger partial charge in [-0.1, -0.05) is 0 Å². The lowest BCUT2D eigenvalue weighted by Gasteiger charge is -2.07. The molecule has 0 unspecified atom stereocenters. The van der Waals surface area contributed by atoms with Crippen LogP contribution >= 0.6 is 0 Å². The Morgan fingerprint density at radius 2 is 2.00 bits per heavy atom. The number of halogens is 1. The fourth-order valence-corrected chi connectivity index (χ4v) is 1.99. The van der Waals surface area contributed by atoms with Gasteiger partial charge in [-0.3, -0.25) is 4.79 Å². The molecule has 0 aliphatic rings. The molecule has 3 N–H and O–H groups in total. The summed E-state index contributed by atoms with van der Waals surface area (Å²) in [4.78, 5) is 15.1. The Labute approximate surface area is 113 Å². The van der Waals surface area contributed by atoms with Crippen molar-refractivity contribution in [2.24, 2.45) is 0 Å². The largest absolute Gasteiger partial charge is 0.508 e. The first-order valence-corrected chi connectivity index (χ1v) is 6.00. The number of hydrogen-bond acceptors (Lipinski definition) is 2. The normalized spacial score (nSPS) is 10.7. The zero-order valence-electron chi connectivity index (χ0n) is 10.4. The summed E-state index contributed by atoms with van der Waals surface area (Å²) in [5, 5.41) is 12.5. The van der Waals surface area contributed by atoms with E-state index in [1.165, 1.54) is 12.1 Å². The van der Waals surface area contributed by atoms with E-state index in [2.05, 4.69) is 10.3 Å². The van der Waals surface area contributed by atoms with Gasteiger partial charge < -0.3 is 15.4 Å².